The number of carbonyl (C=O) groups is 1. The van der Waals surface area contributed by atoms with Gasteiger partial charge < -0.3 is 9.84 Å². The molecule has 0 radical (unpaired) electrons. The molecule has 118 valence electrons. The van der Waals surface area contributed by atoms with Gasteiger partial charge in [-0.1, -0.05) is 12.1 Å². The minimum atomic E-state index is -4.55. The molecular formula is C16H10F3NO3. The van der Waals surface area contributed by atoms with E-state index in [1.54, 1.807) is 0 Å². The van der Waals surface area contributed by atoms with Gasteiger partial charge in [0.15, 0.2) is 6.61 Å². The third-order valence-electron chi connectivity index (χ3n) is 2.96. The summed E-state index contributed by atoms with van der Waals surface area (Å²) in [5.74, 6) is -1.25. The first-order valence-corrected chi connectivity index (χ1v) is 6.37. The van der Waals surface area contributed by atoms with Crippen molar-refractivity contribution in [1.29, 1.82) is 5.26 Å². The molecule has 2 rings (SSSR count). The zero-order valence-corrected chi connectivity index (χ0v) is 11.6. The van der Waals surface area contributed by atoms with E-state index in [4.69, 9.17) is 15.1 Å². The predicted octanol–water partition coefficient (Wildman–Crippen LogP) is 3.71. The number of aliphatic carboxylic acids is 1. The molecule has 0 heterocycles. The highest BCUT2D eigenvalue weighted by Crippen LogP contribution is 2.37. The third-order valence-corrected chi connectivity index (χ3v) is 2.96. The van der Waals surface area contributed by atoms with Gasteiger partial charge in [0.2, 0.25) is 0 Å². The molecule has 4 nitrogen and oxygen atoms in total. The van der Waals surface area contributed by atoms with Crippen molar-refractivity contribution in [2.75, 3.05) is 6.61 Å². The Labute approximate surface area is 129 Å². The number of nitriles is 1. The van der Waals surface area contributed by atoms with Crippen LogP contribution in [0.3, 0.4) is 0 Å². The van der Waals surface area contributed by atoms with Gasteiger partial charge >= 0.3 is 12.1 Å². The number of alkyl halides is 3. The third kappa shape index (κ3) is 4.01. The van der Waals surface area contributed by atoms with E-state index < -0.39 is 24.3 Å². The van der Waals surface area contributed by atoms with Crippen molar-refractivity contribution < 1.29 is 27.8 Å². The highest BCUT2D eigenvalue weighted by Gasteiger charge is 2.31. The monoisotopic (exact) mass is 321 g/mol. The van der Waals surface area contributed by atoms with Crippen molar-refractivity contribution in [3.63, 3.8) is 0 Å². The van der Waals surface area contributed by atoms with Crippen LogP contribution in [0.2, 0.25) is 0 Å². The first kappa shape index (κ1) is 16.4. The fourth-order valence-corrected chi connectivity index (χ4v) is 1.95. The van der Waals surface area contributed by atoms with Crippen molar-refractivity contribution >= 4 is 5.97 Å². The first-order valence-electron chi connectivity index (χ1n) is 6.37. The number of hydrogen-bond donors (Lipinski definition) is 1. The zero-order valence-electron chi connectivity index (χ0n) is 11.6. The van der Waals surface area contributed by atoms with Crippen LogP contribution in [0.15, 0.2) is 42.5 Å². The maximum Gasteiger partial charge on any atom is 0.416 e. The van der Waals surface area contributed by atoms with Gasteiger partial charge in [0, 0.05) is 5.56 Å². The number of halogens is 3. The summed E-state index contributed by atoms with van der Waals surface area (Å²) in [4.78, 5) is 10.6. The van der Waals surface area contributed by atoms with Crippen LogP contribution in [0.5, 0.6) is 5.75 Å². The fraction of sp³-hybridized carbons (Fsp3) is 0.125. The van der Waals surface area contributed by atoms with Gasteiger partial charge in [0.1, 0.15) is 5.75 Å². The van der Waals surface area contributed by atoms with E-state index >= 15 is 0 Å². The molecule has 1 N–H and O–H groups in total. The van der Waals surface area contributed by atoms with Crippen LogP contribution in [-0.2, 0) is 11.0 Å². The Morgan fingerprint density at radius 3 is 2.57 bits per heavy atom. The van der Waals surface area contributed by atoms with Crippen molar-refractivity contribution in [2.24, 2.45) is 0 Å². The van der Waals surface area contributed by atoms with Gasteiger partial charge in [-0.15, -0.1) is 0 Å². The van der Waals surface area contributed by atoms with E-state index in [1.807, 2.05) is 6.07 Å². The Balaban J connectivity index is 2.55. The molecule has 0 bridgehead atoms. The lowest BCUT2D eigenvalue weighted by Crippen LogP contribution is -2.11. The smallest absolute Gasteiger partial charge is 0.416 e. The molecule has 2 aromatic carbocycles. The maximum absolute atomic E-state index is 12.9. The Morgan fingerprint density at radius 1 is 1.22 bits per heavy atom. The average molecular weight is 321 g/mol. The van der Waals surface area contributed by atoms with E-state index in [1.165, 1.54) is 24.3 Å². The van der Waals surface area contributed by atoms with Crippen LogP contribution in [0.4, 0.5) is 13.2 Å². The highest BCUT2D eigenvalue weighted by atomic mass is 19.4. The number of nitrogens with zero attached hydrogens (tertiary/aromatic N) is 1. The van der Waals surface area contributed by atoms with Crippen LogP contribution < -0.4 is 4.74 Å². The van der Waals surface area contributed by atoms with Crippen LogP contribution in [0.25, 0.3) is 11.1 Å². The Bertz CT molecular complexity index is 779. The molecule has 2 aromatic rings. The molecule has 0 aliphatic carbocycles. The fourth-order valence-electron chi connectivity index (χ4n) is 1.95. The van der Waals surface area contributed by atoms with Gasteiger partial charge in [0.05, 0.1) is 17.2 Å². The average Bonchev–Trinajstić information content (AvgIpc) is 2.51. The van der Waals surface area contributed by atoms with E-state index in [0.29, 0.717) is 5.56 Å². The molecule has 0 aromatic heterocycles. The summed E-state index contributed by atoms with van der Waals surface area (Å²) in [6.45, 7) is -0.684. The summed E-state index contributed by atoms with van der Waals surface area (Å²) >= 11 is 0. The summed E-state index contributed by atoms with van der Waals surface area (Å²) in [7, 11) is 0. The number of hydrogen-bond acceptors (Lipinski definition) is 3. The van der Waals surface area contributed by atoms with Gasteiger partial charge in [-0.3, -0.25) is 0 Å². The van der Waals surface area contributed by atoms with Crippen LogP contribution in [0, 0.1) is 11.3 Å². The second-order valence-electron chi connectivity index (χ2n) is 4.58. The molecule has 7 heteroatoms. The summed E-state index contributed by atoms with van der Waals surface area (Å²) < 4.78 is 43.7. The van der Waals surface area contributed by atoms with Crippen LogP contribution >= 0.6 is 0 Å². The molecule has 0 saturated heterocycles. The number of rotatable bonds is 4. The zero-order chi connectivity index (χ0) is 17.0. The Morgan fingerprint density at radius 2 is 1.96 bits per heavy atom. The molecule has 0 aliphatic heterocycles. The van der Waals surface area contributed by atoms with Gasteiger partial charge in [-0.05, 0) is 35.9 Å². The number of ether oxygens (including phenoxy) is 1. The molecule has 0 saturated carbocycles. The molecule has 0 amide bonds. The minimum Gasteiger partial charge on any atom is -0.481 e. The Kier molecular flexibility index (Phi) is 4.55. The molecule has 0 fully saturated rings. The van der Waals surface area contributed by atoms with E-state index in [2.05, 4.69) is 0 Å². The predicted molar refractivity (Wildman–Crippen MR) is 74.7 cm³/mol. The SMILES string of the molecule is N#Cc1cccc(-c2cc(C(F)(F)F)ccc2OCC(=O)O)c1. The molecular weight excluding hydrogens is 311 g/mol. The molecule has 0 unspecified atom stereocenters. The van der Waals surface area contributed by atoms with Gasteiger partial charge in [0.25, 0.3) is 0 Å². The highest BCUT2D eigenvalue weighted by molar-refractivity contribution is 5.74. The second-order valence-corrected chi connectivity index (χ2v) is 4.58. The lowest BCUT2D eigenvalue weighted by Gasteiger charge is -2.14. The minimum absolute atomic E-state index is 0.00418. The van der Waals surface area contributed by atoms with Crippen molar-refractivity contribution in [1.82, 2.24) is 0 Å². The number of carboxylic acids is 1. The quantitative estimate of drug-likeness (QED) is 0.932. The molecule has 0 spiro atoms. The Hall–Kier alpha value is -3.01. The van der Waals surface area contributed by atoms with E-state index in [9.17, 15) is 18.0 Å². The molecule has 23 heavy (non-hydrogen) atoms. The second kappa shape index (κ2) is 6.40. The summed E-state index contributed by atoms with van der Waals surface area (Å²) in [5, 5.41) is 17.6. The molecule has 0 aliphatic rings. The standard InChI is InChI=1S/C16H10F3NO3/c17-16(18,19)12-4-5-14(23-9-15(21)22)13(7-12)11-3-1-2-10(6-11)8-20/h1-7H,9H2,(H,21,22). The van der Waals surface area contributed by atoms with E-state index in [0.717, 1.165) is 18.2 Å². The van der Waals surface area contributed by atoms with Gasteiger partial charge in [-0.2, -0.15) is 18.4 Å². The lowest BCUT2D eigenvalue weighted by molar-refractivity contribution is -0.140. The van der Waals surface area contributed by atoms with Crippen LogP contribution in [-0.4, -0.2) is 17.7 Å². The lowest BCUT2D eigenvalue weighted by atomic mass is 10.00. The van der Waals surface area contributed by atoms with Crippen molar-refractivity contribution in [3.8, 4) is 22.9 Å². The topological polar surface area (TPSA) is 70.3 Å². The molecule has 0 atom stereocenters. The van der Waals surface area contributed by atoms with E-state index in [-0.39, 0.29) is 16.9 Å². The van der Waals surface area contributed by atoms with Crippen molar-refractivity contribution in [2.45, 2.75) is 6.18 Å². The van der Waals surface area contributed by atoms with Gasteiger partial charge in [-0.25, -0.2) is 4.79 Å². The largest absolute Gasteiger partial charge is 0.481 e. The number of carboxylic acid groups (broad SMARTS) is 1. The first-order chi connectivity index (χ1) is 10.8. The number of benzene rings is 2. The normalized spacial score (nSPS) is 10.9. The summed E-state index contributed by atoms with van der Waals surface area (Å²) in [6, 6.07) is 10.6. The van der Waals surface area contributed by atoms with Crippen LogP contribution in [0.1, 0.15) is 11.1 Å². The maximum atomic E-state index is 12.9. The summed E-state index contributed by atoms with van der Waals surface area (Å²) in [6.07, 6.45) is -4.55. The summed E-state index contributed by atoms with van der Waals surface area (Å²) in [5.41, 5.74) is -0.227. The van der Waals surface area contributed by atoms with Crippen molar-refractivity contribution in [3.05, 3.63) is 53.6 Å².